The zero-order chi connectivity index (χ0) is 28.9. The molecular weight excluding hydrogens is 546 g/mol. The van der Waals surface area contributed by atoms with Crippen molar-refractivity contribution in [2.45, 2.75) is 18.6 Å². The number of aromatic nitrogens is 1. The molecule has 6 heteroatoms. The van der Waals surface area contributed by atoms with Crippen molar-refractivity contribution in [3.05, 3.63) is 136 Å². The van der Waals surface area contributed by atoms with Gasteiger partial charge in [0.15, 0.2) is 6.20 Å². The topological polar surface area (TPSA) is 7.12 Å². The highest BCUT2D eigenvalue weighted by Gasteiger charge is 2.23. The zero-order valence-electron chi connectivity index (χ0n) is 23.6. The maximum Gasteiger partial charge on any atom is 0.212 e. The van der Waals surface area contributed by atoms with E-state index in [2.05, 4.69) is 110 Å². The molecule has 1 radical (unpaired) electrons. The first-order valence-corrected chi connectivity index (χ1v) is 14.7. The predicted molar refractivity (Wildman–Crippen MR) is 177 cm³/mol. The Hall–Kier alpha value is -3.80. The molecule has 0 amide bonds. The van der Waals surface area contributed by atoms with Crippen LogP contribution in [0.3, 0.4) is 0 Å². The molecule has 0 saturated carbocycles. The van der Waals surface area contributed by atoms with Crippen LogP contribution in [0.5, 0.6) is 0 Å². The normalized spacial score (nSPS) is 14.0. The molecular formula is C35H31BClFN2S+. The summed E-state index contributed by atoms with van der Waals surface area (Å²) >= 11 is 8.09. The Morgan fingerprint density at radius 3 is 2.59 bits per heavy atom. The van der Waals surface area contributed by atoms with E-state index >= 15 is 0 Å². The van der Waals surface area contributed by atoms with Crippen molar-refractivity contribution in [1.29, 1.82) is 0 Å². The van der Waals surface area contributed by atoms with Crippen LogP contribution in [0.4, 0.5) is 10.1 Å². The van der Waals surface area contributed by atoms with Gasteiger partial charge in [0.1, 0.15) is 20.1 Å². The number of allylic oxidation sites excluding steroid dienone is 4. The van der Waals surface area contributed by atoms with Crippen LogP contribution < -0.4 is 14.9 Å². The molecule has 0 atom stereocenters. The minimum absolute atomic E-state index is 0.175. The van der Waals surface area contributed by atoms with E-state index < -0.39 is 0 Å². The standard InChI is InChI=1S/C28H24ClN2S.C7H7BF/c1-19(8-10-21-16-17-30(2)25-14-12-22(29)18-24(21)25)9-15-27-31(3)26-13-11-20-6-4-5-7-23(20)28(26)32-27;1-8-6-3-2-4-7(9)5-6/h4-18H,1-3H3;2-5H,1H3/q+1;. The molecule has 0 aliphatic carbocycles. The number of anilines is 1. The number of hydrogen-bond acceptors (Lipinski definition) is 2. The molecule has 1 aromatic heterocycles. The number of nitrogens with zero attached hydrogens (tertiary/aromatic N) is 2. The van der Waals surface area contributed by atoms with Gasteiger partial charge in [0, 0.05) is 29.1 Å². The van der Waals surface area contributed by atoms with Gasteiger partial charge in [-0.25, -0.2) is 8.96 Å². The first-order chi connectivity index (χ1) is 19.8. The molecule has 1 aliphatic rings. The Bertz CT molecular complexity index is 1830. The van der Waals surface area contributed by atoms with Crippen molar-refractivity contribution in [1.82, 2.24) is 0 Å². The number of pyridine rings is 1. The summed E-state index contributed by atoms with van der Waals surface area (Å²) in [7, 11) is 6.05. The molecule has 1 aliphatic heterocycles. The van der Waals surface area contributed by atoms with Crippen molar-refractivity contribution >= 4 is 69.5 Å². The molecule has 0 bridgehead atoms. The Kier molecular flexibility index (Phi) is 8.97. The van der Waals surface area contributed by atoms with Gasteiger partial charge in [-0.15, -0.1) is 0 Å². The number of benzene rings is 4. The van der Waals surface area contributed by atoms with E-state index in [9.17, 15) is 4.39 Å². The number of fused-ring (bicyclic) bond motifs is 4. The Balaban J connectivity index is 0.000000321. The van der Waals surface area contributed by atoms with Gasteiger partial charge in [0.25, 0.3) is 0 Å². The third-order valence-corrected chi connectivity index (χ3v) is 8.57. The lowest BCUT2D eigenvalue weighted by Gasteiger charge is -2.13. The monoisotopic (exact) mass is 576 g/mol. The van der Waals surface area contributed by atoms with Crippen molar-refractivity contribution in [3.63, 3.8) is 0 Å². The second-order valence-electron chi connectivity index (χ2n) is 9.93. The summed E-state index contributed by atoms with van der Waals surface area (Å²) in [6.07, 6.45) is 10.8. The molecule has 0 fully saturated rings. The summed E-state index contributed by atoms with van der Waals surface area (Å²) in [5.41, 5.74) is 5.70. The van der Waals surface area contributed by atoms with Crippen LogP contribution in [0, 0.1) is 5.82 Å². The van der Waals surface area contributed by atoms with Gasteiger partial charge >= 0.3 is 0 Å². The number of rotatable bonds is 4. The molecule has 2 heterocycles. The van der Waals surface area contributed by atoms with E-state index in [0.29, 0.717) is 0 Å². The van der Waals surface area contributed by atoms with Gasteiger partial charge in [-0.3, -0.25) is 0 Å². The molecule has 5 aromatic rings. The summed E-state index contributed by atoms with van der Waals surface area (Å²) in [5, 5.41) is 5.73. The smallest absolute Gasteiger partial charge is 0.212 e. The highest BCUT2D eigenvalue weighted by molar-refractivity contribution is 8.04. The Labute approximate surface area is 251 Å². The minimum atomic E-state index is -0.175. The fourth-order valence-electron chi connectivity index (χ4n) is 4.76. The van der Waals surface area contributed by atoms with Crippen LogP contribution in [0.2, 0.25) is 11.8 Å². The van der Waals surface area contributed by atoms with E-state index in [1.54, 1.807) is 6.07 Å². The van der Waals surface area contributed by atoms with Crippen LogP contribution in [-0.2, 0) is 7.05 Å². The first-order valence-electron chi connectivity index (χ1n) is 13.5. The number of thioether (sulfide) groups is 1. The van der Waals surface area contributed by atoms with Crippen LogP contribution in [0.25, 0.3) is 27.8 Å². The number of halogens is 2. The van der Waals surface area contributed by atoms with Crippen LogP contribution in [-0.4, -0.2) is 14.3 Å². The average Bonchev–Trinajstić information content (AvgIpc) is 3.31. The second kappa shape index (κ2) is 12.8. The van der Waals surface area contributed by atoms with Gasteiger partial charge in [0.2, 0.25) is 5.52 Å². The van der Waals surface area contributed by atoms with Crippen LogP contribution in [0.15, 0.2) is 125 Å². The number of hydrogen-bond donors (Lipinski definition) is 0. The van der Waals surface area contributed by atoms with E-state index in [1.165, 1.54) is 44.1 Å². The Morgan fingerprint density at radius 2 is 1.80 bits per heavy atom. The summed E-state index contributed by atoms with van der Waals surface area (Å²) < 4.78 is 14.4. The van der Waals surface area contributed by atoms with Crippen molar-refractivity contribution in [2.75, 3.05) is 11.9 Å². The highest BCUT2D eigenvalue weighted by atomic mass is 35.5. The molecule has 6 rings (SSSR count). The summed E-state index contributed by atoms with van der Waals surface area (Å²) in [5.74, 6) is -0.175. The molecule has 0 unspecified atom stereocenters. The van der Waals surface area contributed by atoms with Crippen molar-refractivity contribution in [2.24, 2.45) is 7.05 Å². The van der Waals surface area contributed by atoms with Gasteiger partial charge in [-0.2, -0.15) is 0 Å². The minimum Gasteiger partial charge on any atom is -0.338 e. The third kappa shape index (κ3) is 6.58. The molecule has 0 spiro atoms. The average molecular weight is 577 g/mol. The lowest BCUT2D eigenvalue weighted by atomic mass is 9.73. The molecule has 0 N–H and O–H groups in total. The Morgan fingerprint density at radius 1 is 0.976 bits per heavy atom. The first kappa shape index (κ1) is 28.7. The molecule has 4 aromatic carbocycles. The third-order valence-electron chi connectivity index (χ3n) is 7.08. The largest absolute Gasteiger partial charge is 0.338 e. The second-order valence-corrected chi connectivity index (χ2v) is 11.4. The summed E-state index contributed by atoms with van der Waals surface area (Å²) in [4.78, 5) is 3.60. The maximum atomic E-state index is 12.3. The quantitative estimate of drug-likeness (QED) is 0.120. The van der Waals surface area contributed by atoms with E-state index in [1.807, 2.05) is 44.1 Å². The maximum absolute atomic E-state index is 12.3. The van der Waals surface area contributed by atoms with Crippen molar-refractivity contribution < 1.29 is 8.96 Å². The zero-order valence-corrected chi connectivity index (χ0v) is 25.2. The van der Waals surface area contributed by atoms with Crippen LogP contribution in [0.1, 0.15) is 12.5 Å². The SMILES string of the molecule is CC(C=Cc1cc[n+](C)c2ccc(Cl)cc12)=CC=C1Sc2c(ccc3ccccc23)N1C.C[B]c1cccc(F)c1. The molecule has 2 nitrogen and oxygen atoms in total. The fraction of sp³-hybridized carbons (Fsp3) is 0.114. The lowest BCUT2D eigenvalue weighted by molar-refractivity contribution is -0.644. The number of aryl methyl sites for hydroxylation is 1. The molecule has 41 heavy (non-hydrogen) atoms. The van der Waals surface area contributed by atoms with Gasteiger partial charge in [-0.1, -0.05) is 102 Å². The fourth-order valence-corrected chi connectivity index (χ4v) is 6.12. The predicted octanol–water partition coefficient (Wildman–Crippen LogP) is 8.72. The van der Waals surface area contributed by atoms with E-state index in [-0.39, 0.29) is 5.82 Å². The summed E-state index contributed by atoms with van der Waals surface area (Å²) in [6, 6.07) is 27.7. The lowest BCUT2D eigenvalue weighted by Crippen LogP contribution is -2.28. The van der Waals surface area contributed by atoms with Gasteiger partial charge in [0.05, 0.1) is 16.1 Å². The van der Waals surface area contributed by atoms with E-state index in [4.69, 9.17) is 11.6 Å². The molecule has 0 saturated heterocycles. The highest BCUT2D eigenvalue weighted by Crippen LogP contribution is 2.48. The van der Waals surface area contributed by atoms with Crippen molar-refractivity contribution in [3.8, 4) is 0 Å². The van der Waals surface area contributed by atoms with Gasteiger partial charge in [-0.05, 0) is 59.7 Å². The summed E-state index contributed by atoms with van der Waals surface area (Å²) in [6.45, 7) is 4.02. The molecule has 203 valence electrons. The van der Waals surface area contributed by atoms with Gasteiger partial charge < -0.3 is 4.90 Å². The van der Waals surface area contributed by atoms with E-state index in [0.717, 1.165) is 27.0 Å². The van der Waals surface area contributed by atoms with Crippen LogP contribution >= 0.6 is 23.4 Å².